The van der Waals surface area contributed by atoms with Gasteiger partial charge < -0.3 is 0 Å². The molecule has 2 aromatic carbocycles. The third-order valence-electron chi connectivity index (χ3n) is 2.50. The van der Waals surface area contributed by atoms with Crippen LogP contribution in [0.15, 0.2) is 48.5 Å². The quantitative estimate of drug-likeness (QED) is 0.596. The van der Waals surface area contributed by atoms with E-state index in [0.717, 1.165) is 17.7 Å². The molecule has 0 saturated heterocycles. The van der Waals surface area contributed by atoms with Crippen molar-refractivity contribution in [2.24, 2.45) is 0 Å². The second kappa shape index (κ2) is 5.76. The number of carbonyl (C=O) groups is 1. The Labute approximate surface area is 114 Å². The van der Waals surface area contributed by atoms with Gasteiger partial charge in [0.05, 0.1) is 0 Å². The van der Waals surface area contributed by atoms with Gasteiger partial charge in [0.25, 0.3) is 0 Å². The Balaban J connectivity index is 2.16. The van der Waals surface area contributed by atoms with Crippen LogP contribution in [0.1, 0.15) is 15.9 Å². The molecule has 0 saturated carbocycles. The van der Waals surface area contributed by atoms with Crippen LogP contribution in [-0.2, 0) is 0 Å². The predicted octanol–water partition coefficient (Wildman–Crippen LogP) is 4.51. The van der Waals surface area contributed by atoms with Crippen LogP contribution in [0.2, 0.25) is 5.02 Å². The summed E-state index contributed by atoms with van der Waals surface area (Å²) in [6.07, 6.45) is 2.88. The Hall–Kier alpha value is -2.00. The van der Waals surface area contributed by atoms with E-state index in [4.69, 9.17) is 11.6 Å². The lowest BCUT2D eigenvalue weighted by Gasteiger charge is -1.97. The highest BCUT2D eigenvalue weighted by Gasteiger charge is 2.06. The summed E-state index contributed by atoms with van der Waals surface area (Å²) in [5, 5.41) is 0.601. The SMILES string of the molecule is O=C(/C=C/c1ccc(Cl)cc1)c1ccc(F)c(F)c1. The van der Waals surface area contributed by atoms with Crippen molar-refractivity contribution < 1.29 is 13.6 Å². The number of allylic oxidation sites excluding steroid dienone is 1. The van der Waals surface area contributed by atoms with E-state index in [9.17, 15) is 13.6 Å². The summed E-state index contributed by atoms with van der Waals surface area (Å²) in [6.45, 7) is 0. The van der Waals surface area contributed by atoms with Crippen molar-refractivity contribution >= 4 is 23.5 Å². The first-order chi connectivity index (χ1) is 9.06. The number of hydrogen-bond donors (Lipinski definition) is 0. The zero-order valence-electron chi connectivity index (χ0n) is 9.74. The van der Waals surface area contributed by atoms with Gasteiger partial charge >= 0.3 is 0 Å². The van der Waals surface area contributed by atoms with Crippen molar-refractivity contribution in [1.29, 1.82) is 0 Å². The predicted molar refractivity (Wildman–Crippen MR) is 71.2 cm³/mol. The molecule has 0 spiro atoms. The van der Waals surface area contributed by atoms with Gasteiger partial charge in [0.1, 0.15) is 0 Å². The fourth-order valence-electron chi connectivity index (χ4n) is 1.49. The van der Waals surface area contributed by atoms with E-state index in [-0.39, 0.29) is 5.56 Å². The highest BCUT2D eigenvalue weighted by molar-refractivity contribution is 6.30. The first-order valence-corrected chi connectivity index (χ1v) is 5.87. The molecule has 0 bridgehead atoms. The normalized spacial score (nSPS) is 10.9. The molecule has 0 aliphatic heterocycles. The van der Waals surface area contributed by atoms with Gasteiger partial charge in [-0.1, -0.05) is 29.8 Å². The van der Waals surface area contributed by atoms with Crippen LogP contribution in [0.25, 0.3) is 6.08 Å². The Bertz CT molecular complexity index is 633. The molecule has 19 heavy (non-hydrogen) atoms. The molecule has 1 nitrogen and oxygen atoms in total. The summed E-state index contributed by atoms with van der Waals surface area (Å²) in [7, 11) is 0. The van der Waals surface area contributed by atoms with Crippen molar-refractivity contribution in [3.8, 4) is 0 Å². The summed E-state index contributed by atoms with van der Waals surface area (Å²) < 4.78 is 25.7. The molecule has 0 unspecified atom stereocenters. The van der Waals surface area contributed by atoms with Gasteiger partial charge in [-0.05, 0) is 42.0 Å². The average molecular weight is 279 g/mol. The number of rotatable bonds is 3. The van der Waals surface area contributed by atoms with Crippen LogP contribution in [0, 0.1) is 11.6 Å². The molecule has 0 N–H and O–H groups in total. The first-order valence-electron chi connectivity index (χ1n) is 5.49. The van der Waals surface area contributed by atoms with E-state index in [0.29, 0.717) is 5.02 Å². The van der Waals surface area contributed by atoms with Crippen molar-refractivity contribution in [3.63, 3.8) is 0 Å². The summed E-state index contributed by atoms with van der Waals surface area (Å²) in [6, 6.07) is 9.94. The van der Waals surface area contributed by atoms with Crippen LogP contribution in [0.4, 0.5) is 8.78 Å². The second-order valence-corrected chi connectivity index (χ2v) is 4.31. The lowest BCUT2D eigenvalue weighted by molar-refractivity contribution is 0.104. The molecule has 0 heterocycles. The molecule has 0 radical (unpaired) electrons. The zero-order chi connectivity index (χ0) is 13.8. The Kier molecular flexibility index (Phi) is 4.07. The smallest absolute Gasteiger partial charge is 0.185 e. The zero-order valence-corrected chi connectivity index (χ0v) is 10.5. The van der Waals surface area contributed by atoms with E-state index in [1.54, 1.807) is 30.3 Å². The maximum absolute atomic E-state index is 13.0. The summed E-state index contributed by atoms with van der Waals surface area (Å²) in [5.41, 5.74) is 0.893. The summed E-state index contributed by atoms with van der Waals surface area (Å²) >= 11 is 5.73. The van der Waals surface area contributed by atoms with Crippen LogP contribution < -0.4 is 0 Å². The highest BCUT2D eigenvalue weighted by atomic mass is 35.5. The Morgan fingerprint density at radius 3 is 2.32 bits per heavy atom. The van der Waals surface area contributed by atoms with E-state index in [2.05, 4.69) is 0 Å². The molecule has 0 atom stereocenters. The fourth-order valence-corrected chi connectivity index (χ4v) is 1.62. The molecule has 0 aliphatic carbocycles. The molecule has 2 rings (SSSR count). The number of hydrogen-bond acceptors (Lipinski definition) is 1. The molecular formula is C15H9ClF2O. The van der Waals surface area contributed by atoms with Crippen LogP contribution in [0.5, 0.6) is 0 Å². The number of ketones is 1. The van der Waals surface area contributed by atoms with Gasteiger partial charge in [0.2, 0.25) is 0 Å². The van der Waals surface area contributed by atoms with Crippen LogP contribution >= 0.6 is 11.6 Å². The van der Waals surface area contributed by atoms with Gasteiger partial charge in [0.15, 0.2) is 17.4 Å². The number of benzene rings is 2. The Morgan fingerprint density at radius 2 is 1.68 bits per heavy atom. The lowest BCUT2D eigenvalue weighted by atomic mass is 10.1. The van der Waals surface area contributed by atoms with Crippen molar-refractivity contribution in [2.45, 2.75) is 0 Å². The maximum atomic E-state index is 13.0. The Morgan fingerprint density at radius 1 is 1.00 bits per heavy atom. The molecule has 0 amide bonds. The number of carbonyl (C=O) groups excluding carboxylic acids is 1. The van der Waals surface area contributed by atoms with E-state index in [1.807, 2.05) is 0 Å². The third kappa shape index (κ3) is 3.48. The number of halogens is 3. The average Bonchev–Trinajstić information content (AvgIpc) is 2.41. The topological polar surface area (TPSA) is 17.1 Å². The van der Waals surface area contributed by atoms with Gasteiger partial charge in [-0.15, -0.1) is 0 Å². The monoisotopic (exact) mass is 278 g/mol. The second-order valence-electron chi connectivity index (χ2n) is 3.88. The summed E-state index contributed by atoms with van der Waals surface area (Å²) in [5.74, 6) is -2.40. The minimum Gasteiger partial charge on any atom is -0.289 e. The molecule has 0 aromatic heterocycles. The molecule has 96 valence electrons. The molecule has 2 aromatic rings. The standard InChI is InChI=1S/C15H9ClF2O/c16-12-5-1-10(2-6-12)3-8-15(19)11-4-7-13(17)14(18)9-11/h1-9H/b8-3+. The van der Waals surface area contributed by atoms with Crippen LogP contribution in [-0.4, -0.2) is 5.78 Å². The van der Waals surface area contributed by atoms with Gasteiger partial charge in [-0.25, -0.2) is 8.78 Å². The van der Waals surface area contributed by atoms with E-state index in [1.165, 1.54) is 12.1 Å². The molecule has 0 fully saturated rings. The van der Waals surface area contributed by atoms with Crippen molar-refractivity contribution in [1.82, 2.24) is 0 Å². The van der Waals surface area contributed by atoms with Gasteiger partial charge in [0, 0.05) is 10.6 Å². The maximum Gasteiger partial charge on any atom is 0.185 e. The molecular weight excluding hydrogens is 270 g/mol. The first kappa shape index (κ1) is 13.4. The largest absolute Gasteiger partial charge is 0.289 e. The van der Waals surface area contributed by atoms with E-state index >= 15 is 0 Å². The van der Waals surface area contributed by atoms with Gasteiger partial charge in [-0.2, -0.15) is 0 Å². The van der Waals surface area contributed by atoms with Crippen molar-refractivity contribution in [3.05, 3.63) is 76.3 Å². The van der Waals surface area contributed by atoms with Gasteiger partial charge in [-0.3, -0.25) is 4.79 Å². The molecule has 0 aliphatic rings. The summed E-state index contributed by atoms with van der Waals surface area (Å²) in [4.78, 5) is 11.7. The van der Waals surface area contributed by atoms with E-state index < -0.39 is 17.4 Å². The fraction of sp³-hybridized carbons (Fsp3) is 0. The third-order valence-corrected chi connectivity index (χ3v) is 2.75. The van der Waals surface area contributed by atoms with Crippen molar-refractivity contribution in [2.75, 3.05) is 0 Å². The van der Waals surface area contributed by atoms with Crippen LogP contribution in [0.3, 0.4) is 0 Å². The minimum atomic E-state index is -1.04. The highest BCUT2D eigenvalue weighted by Crippen LogP contribution is 2.13. The molecule has 4 heteroatoms. The lowest BCUT2D eigenvalue weighted by Crippen LogP contribution is -1.96. The minimum absolute atomic E-state index is 0.101.